The Kier molecular flexibility index (Phi) is 3.62. The lowest BCUT2D eigenvalue weighted by Crippen LogP contribution is -2.02. The normalized spacial score (nSPS) is 18.4. The first-order valence-corrected chi connectivity index (χ1v) is 9.68. The molecule has 2 fully saturated rings. The van der Waals surface area contributed by atoms with E-state index in [1.165, 1.54) is 31.5 Å². The number of thioether (sulfide) groups is 1. The number of nitrogens with zero attached hydrogens (tertiary/aromatic N) is 5. The third kappa shape index (κ3) is 2.97. The van der Waals surface area contributed by atoms with Gasteiger partial charge in [0.15, 0.2) is 5.16 Å². The molecule has 2 aliphatic rings. The van der Waals surface area contributed by atoms with Gasteiger partial charge < -0.3 is 8.98 Å². The summed E-state index contributed by atoms with van der Waals surface area (Å²) in [6.07, 6.45) is 4.96. The van der Waals surface area contributed by atoms with Crippen molar-refractivity contribution in [2.45, 2.75) is 55.0 Å². The Labute approximate surface area is 150 Å². The maximum atomic E-state index is 5.89. The van der Waals surface area contributed by atoms with Gasteiger partial charge in [0, 0.05) is 17.5 Å². The summed E-state index contributed by atoms with van der Waals surface area (Å²) in [6.45, 7) is 2.08. The minimum Gasteiger partial charge on any atom is -0.419 e. The summed E-state index contributed by atoms with van der Waals surface area (Å²) < 4.78 is 8.24. The second-order valence-corrected chi connectivity index (χ2v) is 8.10. The molecule has 0 amide bonds. The summed E-state index contributed by atoms with van der Waals surface area (Å²) in [6, 6.07) is 10.4. The zero-order valence-electron chi connectivity index (χ0n) is 14.0. The molecule has 1 atom stereocenters. The van der Waals surface area contributed by atoms with Crippen LogP contribution in [0.4, 0.5) is 0 Å². The van der Waals surface area contributed by atoms with Gasteiger partial charge in [0.1, 0.15) is 5.82 Å². The summed E-state index contributed by atoms with van der Waals surface area (Å²) in [5.74, 6) is 2.98. The minimum absolute atomic E-state index is 0.0405. The Morgan fingerprint density at radius 1 is 1.04 bits per heavy atom. The molecule has 2 heterocycles. The Morgan fingerprint density at radius 2 is 1.84 bits per heavy atom. The van der Waals surface area contributed by atoms with Gasteiger partial charge in [0.25, 0.3) is 0 Å². The first-order valence-electron chi connectivity index (χ1n) is 8.80. The van der Waals surface area contributed by atoms with Crippen LogP contribution < -0.4 is 0 Å². The molecule has 6 nitrogen and oxygen atoms in total. The number of hydrogen-bond donors (Lipinski definition) is 0. The lowest BCUT2D eigenvalue weighted by Gasteiger charge is -2.10. The third-order valence-corrected chi connectivity index (χ3v) is 5.68. The van der Waals surface area contributed by atoms with Crippen molar-refractivity contribution >= 4 is 11.8 Å². The smallest absolute Gasteiger partial charge is 0.247 e. The van der Waals surface area contributed by atoms with E-state index in [0.29, 0.717) is 23.7 Å². The maximum Gasteiger partial charge on any atom is 0.247 e. The fourth-order valence-corrected chi connectivity index (χ4v) is 3.93. The number of rotatable bonds is 6. The van der Waals surface area contributed by atoms with Crippen LogP contribution in [0.5, 0.6) is 0 Å². The molecule has 5 rings (SSSR count). The lowest BCUT2D eigenvalue weighted by molar-refractivity contribution is 0.508. The van der Waals surface area contributed by atoms with Crippen LogP contribution in [0.3, 0.4) is 0 Å². The lowest BCUT2D eigenvalue weighted by atomic mass is 10.2. The van der Waals surface area contributed by atoms with Crippen molar-refractivity contribution in [1.29, 1.82) is 0 Å². The van der Waals surface area contributed by atoms with E-state index in [9.17, 15) is 0 Å². The van der Waals surface area contributed by atoms with Crippen LogP contribution >= 0.6 is 11.8 Å². The SMILES string of the molecule is C[C@@H](Sc1nnc(C2CC2)n1C1CC1)c1nnc(-c2ccccc2)o1. The van der Waals surface area contributed by atoms with Crippen LogP contribution in [-0.4, -0.2) is 25.0 Å². The standard InChI is InChI=1S/C18H19N5OS/c1-11(16-20-21-17(24-16)13-5-3-2-4-6-13)25-18-22-19-15(12-7-8-12)23(18)14-9-10-14/h2-6,11-12,14H,7-10H2,1H3/t11-/m1/s1. The van der Waals surface area contributed by atoms with E-state index < -0.39 is 0 Å². The predicted octanol–water partition coefficient (Wildman–Crippen LogP) is 4.39. The topological polar surface area (TPSA) is 69.6 Å². The highest BCUT2D eigenvalue weighted by Crippen LogP contribution is 2.47. The molecule has 0 unspecified atom stereocenters. The largest absolute Gasteiger partial charge is 0.419 e. The number of aromatic nitrogens is 5. The summed E-state index contributed by atoms with van der Waals surface area (Å²) >= 11 is 1.66. The van der Waals surface area contributed by atoms with Crippen molar-refractivity contribution in [3.63, 3.8) is 0 Å². The average molecular weight is 353 g/mol. The highest BCUT2D eigenvalue weighted by molar-refractivity contribution is 7.99. The van der Waals surface area contributed by atoms with Crippen LogP contribution in [0.1, 0.15) is 61.5 Å². The van der Waals surface area contributed by atoms with E-state index in [4.69, 9.17) is 4.42 Å². The van der Waals surface area contributed by atoms with E-state index >= 15 is 0 Å². The van der Waals surface area contributed by atoms with Crippen LogP contribution in [-0.2, 0) is 0 Å². The minimum atomic E-state index is 0.0405. The molecule has 0 radical (unpaired) electrons. The molecule has 2 saturated carbocycles. The van der Waals surface area contributed by atoms with Gasteiger partial charge in [-0.15, -0.1) is 20.4 Å². The van der Waals surface area contributed by atoms with Crippen molar-refractivity contribution in [2.24, 2.45) is 0 Å². The number of hydrogen-bond acceptors (Lipinski definition) is 6. The maximum absolute atomic E-state index is 5.89. The fraction of sp³-hybridized carbons (Fsp3) is 0.444. The highest BCUT2D eigenvalue weighted by Gasteiger charge is 2.37. The summed E-state index contributed by atoms with van der Waals surface area (Å²) in [5, 5.41) is 18.4. The second-order valence-electron chi connectivity index (χ2n) is 6.79. The van der Waals surface area contributed by atoms with Crippen LogP contribution in [0.25, 0.3) is 11.5 Å². The zero-order valence-corrected chi connectivity index (χ0v) is 14.8. The van der Waals surface area contributed by atoms with Crippen molar-refractivity contribution in [3.05, 3.63) is 42.0 Å². The summed E-state index contributed by atoms with van der Waals surface area (Å²) in [4.78, 5) is 0. The van der Waals surface area contributed by atoms with Crippen LogP contribution in [0.2, 0.25) is 0 Å². The molecular weight excluding hydrogens is 334 g/mol. The van der Waals surface area contributed by atoms with E-state index in [-0.39, 0.29) is 5.25 Å². The van der Waals surface area contributed by atoms with E-state index in [2.05, 4.69) is 31.9 Å². The molecule has 2 aromatic heterocycles. The van der Waals surface area contributed by atoms with Gasteiger partial charge in [0.05, 0.1) is 5.25 Å². The molecule has 128 valence electrons. The predicted molar refractivity (Wildman–Crippen MR) is 94.3 cm³/mol. The molecule has 3 aromatic rings. The quantitative estimate of drug-likeness (QED) is 0.612. The first kappa shape index (κ1) is 15.1. The average Bonchev–Trinajstić information content (AvgIpc) is 3.57. The molecule has 25 heavy (non-hydrogen) atoms. The molecule has 2 aliphatic carbocycles. The van der Waals surface area contributed by atoms with Gasteiger partial charge in [-0.2, -0.15) is 0 Å². The first-order chi connectivity index (χ1) is 12.3. The number of benzene rings is 1. The molecular formula is C18H19N5OS. The Balaban J connectivity index is 1.37. The monoisotopic (exact) mass is 353 g/mol. The van der Waals surface area contributed by atoms with Gasteiger partial charge in [-0.1, -0.05) is 30.0 Å². The van der Waals surface area contributed by atoms with Crippen molar-refractivity contribution in [1.82, 2.24) is 25.0 Å². The van der Waals surface area contributed by atoms with Gasteiger partial charge in [-0.05, 0) is 44.7 Å². The van der Waals surface area contributed by atoms with Crippen LogP contribution in [0.15, 0.2) is 39.9 Å². The molecule has 0 N–H and O–H groups in total. The van der Waals surface area contributed by atoms with Crippen molar-refractivity contribution in [3.8, 4) is 11.5 Å². The van der Waals surface area contributed by atoms with E-state index in [0.717, 1.165) is 10.7 Å². The highest BCUT2D eigenvalue weighted by atomic mass is 32.2. The molecule has 7 heteroatoms. The van der Waals surface area contributed by atoms with Crippen molar-refractivity contribution in [2.75, 3.05) is 0 Å². The third-order valence-electron chi connectivity index (χ3n) is 4.64. The molecule has 0 bridgehead atoms. The fourth-order valence-electron chi connectivity index (χ4n) is 2.97. The van der Waals surface area contributed by atoms with Crippen molar-refractivity contribution < 1.29 is 4.42 Å². The molecule has 0 spiro atoms. The van der Waals surface area contributed by atoms with Gasteiger partial charge in [-0.3, -0.25) is 0 Å². The summed E-state index contributed by atoms with van der Waals surface area (Å²) in [7, 11) is 0. The van der Waals surface area contributed by atoms with E-state index in [1.807, 2.05) is 30.3 Å². The summed E-state index contributed by atoms with van der Waals surface area (Å²) in [5.41, 5.74) is 0.940. The van der Waals surface area contributed by atoms with E-state index in [1.54, 1.807) is 11.8 Å². The Hall–Kier alpha value is -2.15. The van der Waals surface area contributed by atoms with Gasteiger partial charge in [-0.25, -0.2) is 0 Å². The van der Waals surface area contributed by atoms with Crippen LogP contribution in [0, 0.1) is 0 Å². The molecule has 1 aromatic carbocycles. The van der Waals surface area contributed by atoms with Gasteiger partial charge in [0.2, 0.25) is 11.8 Å². The zero-order chi connectivity index (χ0) is 16.8. The molecule has 0 saturated heterocycles. The Morgan fingerprint density at radius 3 is 2.56 bits per heavy atom. The van der Waals surface area contributed by atoms with Gasteiger partial charge >= 0.3 is 0 Å². The second kappa shape index (κ2) is 5.98. The molecule has 0 aliphatic heterocycles. The Bertz CT molecular complexity index is 882.